The number of nitrogens with zero attached hydrogens (tertiary/aromatic N) is 3. The summed E-state index contributed by atoms with van der Waals surface area (Å²) >= 11 is 3.46. The van der Waals surface area contributed by atoms with E-state index >= 15 is 0 Å². The Bertz CT molecular complexity index is 456. The third-order valence-corrected chi connectivity index (χ3v) is 3.83. The second-order valence-electron chi connectivity index (χ2n) is 4.74. The average molecular weight is 342 g/mol. The number of halogens is 1. The first-order valence-corrected chi connectivity index (χ1v) is 7.95. The number of pyridine rings is 1. The molecule has 20 heavy (non-hydrogen) atoms. The molecule has 110 valence electrons. The van der Waals surface area contributed by atoms with Crippen molar-refractivity contribution in [2.45, 2.75) is 6.42 Å². The van der Waals surface area contributed by atoms with Gasteiger partial charge in [0.15, 0.2) is 0 Å². The summed E-state index contributed by atoms with van der Waals surface area (Å²) in [4.78, 5) is 20.9. The van der Waals surface area contributed by atoms with Gasteiger partial charge in [-0.3, -0.25) is 4.79 Å². The Kier molecular flexibility index (Phi) is 5.79. The molecule has 1 aromatic rings. The zero-order chi connectivity index (χ0) is 14.4. The first-order chi connectivity index (χ1) is 9.76. The molecule has 0 radical (unpaired) electrons. The van der Waals surface area contributed by atoms with Gasteiger partial charge in [0.1, 0.15) is 5.56 Å². The molecule has 0 bridgehead atoms. The summed E-state index contributed by atoms with van der Waals surface area (Å²) in [6.45, 7) is 4.53. The molecule has 0 aromatic carbocycles. The largest absolute Gasteiger partial charge is 0.480 e. The molecule has 0 saturated carbocycles. The predicted molar refractivity (Wildman–Crippen MR) is 81.5 cm³/mol. The van der Waals surface area contributed by atoms with Crippen LogP contribution >= 0.6 is 15.9 Å². The van der Waals surface area contributed by atoms with Crippen LogP contribution in [-0.4, -0.2) is 65.9 Å². The molecule has 5 nitrogen and oxygen atoms in total. The Balaban J connectivity index is 2.05. The summed E-state index contributed by atoms with van der Waals surface area (Å²) in [5, 5.41) is 0.970. The van der Waals surface area contributed by atoms with Gasteiger partial charge in [-0.1, -0.05) is 15.9 Å². The van der Waals surface area contributed by atoms with Gasteiger partial charge in [0.25, 0.3) is 5.91 Å². The van der Waals surface area contributed by atoms with Crippen molar-refractivity contribution >= 4 is 21.8 Å². The molecule has 0 spiro atoms. The monoisotopic (exact) mass is 341 g/mol. The number of alkyl halides is 1. The van der Waals surface area contributed by atoms with E-state index in [2.05, 4.69) is 25.8 Å². The van der Waals surface area contributed by atoms with Crippen LogP contribution in [0.5, 0.6) is 5.88 Å². The van der Waals surface area contributed by atoms with E-state index in [0.29, 0.717) is 11.4 Å². The molecule has 0 atom stereocenters. The second-order valence-corrected chi connectivity index (χ2v) is 5.53. The standard InChI is InChI=1S/C14H20BrN3O2/c1-20-13-12(4-2-6-16-13)14(19)18-8-3-7-17(9-5-15)10-11-18/h2,4,6H,3,5,7-11H2,1H3. The maximum absolute atomic E-state index is 12.6. The van der Waals surface area contributed by atoms with E-state index in [9.17, 15) is 4.79 Å². The maximum Gasteiger partial charge on any atom is 0.259 e. The minimum atomic E-state index is 0.00985. The fourth-order valence-electron chi connectivity index (χ4n) is 2.40. The van der Waals surface area contributed by atoms with Crippen LogP contribution in [0.25, 0.3) is 0 Å². The fourth-order valence-corrected chi connectivity index (χ4v) is 2.91. The number of hydrogen-bond donors (Lipinski definition) is 0. The van der Waals surface area contributed by atoms with Crippen LogP contribution in [0, 0.1) is 0 Å². The van der Waals surface area contributed by atoms with Crippen molar-refractivity contribution in [3.05, 3.63) is 23.9 Å². The van der Waals surface area contributed by atoms with Gasteiger partial charge in [0.05, 0.1) is 7.11 Å². The summed E-state index contributed by atoms with van der Waals surface area (Å²) in [5.74, 6) is 0.412. The summed E-state index contributed by atoms with van der Waals surface area (Å²) < 4.78 is 5.17. The second kappa shape index (κ2) is 7.59. The highest BCUT2D eigenvalue weighted by molar-refractivity contribution is 9.09. The van der Waals surface area contributed by atoms with Crippen LogP contribution in [-0.2, 0) is 0 Å². The van der Waals surface area contributed by atoms with Gasteiger partial charge in [0, 0.05) is 37.7 Å². The van der Waals surface area contributed by atoms with E-state index < -0.39 is 0 Å². The predicted octanol–water partition coefficient (Wildman–Crippen LogP) is 1.63. The molecule has 1 saturated heterocycles. The molecular formula is C14H20BrN3O2. The number of methoxy groups -OCH3 is 1. The van der Waals surface area contributed by atoms with E-state index in [-0.39, 0.29) is 5.91 Å². The lowest BCUT2D eigenvalue weighted by atomic mass is 10.2. The highest BCUT2D eigenvalue weighted by atomic mass is 79.9. The first-order valence-electron chi connectivity index (χ1n) is 6.83. The van der Waals surface area contributed by atoms with E-state index in [1.54, 1.807) is 25.4 Å². The topological polar surface area (TPSA) is 45.7 Å². The van der Waals surface area contributed by atoms with Crippen LogP contribution in [0.1, 0.15) is 16.8 Å². The molecule has 1 aromatic heterocycles. The van der Waals surface area contributed by atoms with Crippen molar-refractivity contribution in [3.8, 4) is 5.88 Å². The van der Waals surface area contributed by atoms with E-state index in [0.717, 1.165) is 44.5 Å². The molecule has 1 amide bonds. The molecule has 0 N–H and O–H groups in total. The summed E-state index contributed by atoms with van der Waals surface area (Å²) in [6.07, 6.45) is 2.64. The Morgan fingerprint density at radius 3 is 3.00 bits per heavy atom. The normalized spacial score (nSPS) is 16.8. The molecule has 0 unspecified atom stereocenters. The van der Waals surface area contributed by atoms with Crippen molar-refractivity contribution < 1.29 is 9.53 Å². The van der Waals surface area contributed by atoms with E-state index in [1.807, 2.05) is 4.90 Å². The summed E-state index contributed by atoms with van der Waals surface area (Å²) in [7, 11) is 1.54. The number of rotatable bonds is 4. The van der Waals surface area contributed by atoms with E-state index in [1.165, 1.54) is 0 Å². The third-order valence-electron chi connectivity index (χ3n) is 3.47. The molecule has 1 aliphatic heterocycles. The van der Waals surface area contributed by atoms with E-state index in [4.69, 9.17) is 4.74 Å². The number of ether oxygens (including phenoxy) is 1. The summed E-state index contributed by atoms with van der Waals surface area (Å²) in [6, 6.07) is 3.54. The Morgan fingerprint density at radius 1 is 1.40 bits per heavy atom. The van der Waals surface area contributed by atoms with Crippen molar-refractivity contribution in [1.29, 1.82) is 0 Å². The zero-order valence-electron chi connectivity index (χ0n) is 11.7. The van der Waals surface area contributed by atoms with Gasteiger partial charge in [-0.25, -0.2) is 4.98 Å². The van der Waals surface area contributed by atoms with Crippen molar-refractivity contribution in [2.24, 2.45) is 0 Å². The zero-order valence-corrected chi connectivity index (χ0v) is 13.3. The number of aromatic nitrogens is 1. The SMILES string of the molecule is COc1ncccc1C(=O)N1CCCN(CCBr)CC1. The number of carbonyl (C=O) groups is 1. The van der Waals surface area contributed by atoms with Crippen molar-refractivity contribution in [3.63, 3.8) is 0 Å². The molecule has 1 aliphatic rings. The fraction of sp³-hybridized carbons (Fsp3) is 0.571. The number of amides is 1. The smallest absolute Gasteiger partial charge is 0.259 e. The average Bonchev–Trinajstić information content (AvgIpc) is 2.72. The Hall–Kier alpha value is -1.14. The van der Waals surface area contributed by atoms with Gasteiger partial charge in [-0.05, 0) is 25.1 Å². The maximum atomic E-state index is 12.6. The Morgan fingerprint density at radius 2 is 2.25 bits per heavy atom. The molecular weight excluding hydrogens is 322 g/mol. The molecule has 6 heteroatoms. The minimum absolute atomic E-state index is 0.00985. The molecule has 0 aliphatic carbocycles. The number of hydrogen-bond acceptors (Lipinski definition) is 4. The molecule has 1 fully saturated rings. The minimum Gasteiger partial charge on any atom is -0.480 e. The lowest BCUT2D eigenvalue weighted by molar-refractivity contribution is 0.0757. The van der Waals surface area contributed by atoms with Gasteiger partial charge < -0.3 is 14.5 Å². The van der Waals surface area contributed by atoms with Gasteiger partial charge >= 0.3 is 0 Å². The molecule has 2 heterocycles. The van der Waals surface area contributed by atoms with Crippen LogP contribution in [0.2, 0.25) is 0 Å². The first kappa shape index (κ1) is 15.3. The Labute approximate surface area is 128 Å². The van der Waals surface area contributed by atoms with Gasteiger partial charge in [-0.15, -0.1) is 0 Å². The highest BCUT2D eigenvalue weighted by Crippen LogP contribution is 2.17. The molecule has 2 rings (SSSR count). The highest BCUT2D eigenvalue weighted by Gasteiger charge is 2.22. The van der Waals surface area contributed by atoms with Crippen LogP contribution in [0.4, 0.5) is 0 Å². The van der Waals surface area contributed by atoms with Crippen LogP contribution in [0.15, 0.2) is 18.3 Å². The van der Waals surface area contributed by atoms with Crippen molar-refractivity contribution in [2.75, 3.05) is 45.2 Å². The van der Waals surface area contributed by atoms with Gasteiger partial charge in [0.2, 0.25) is 5.88 Å². The quantitative estimate of drug-likeness (QED) is 0.781. The van der Waals surface area contributed by atoms with Crippen molar-refractivity contribution in [1.82, 2.24) is 14.8 Å². The number of carbonyl (C=O) groups excluding carboxylic acids is 1. The summed E-state index contributed by atoms with van der Waals surface area (Å²) in [5.41, 5.74) is 0.545. The van der Waals surface area contributed by atoms with Crippen LogP contribution < -0.4 is 4.74 Å². The van der Waals surface area contributed by atoms with Crippen LogP contribution in [0.3, 0.4) is 0 Å². The third kappa shape index (κ3) is 3.70. The van der Waals surface area contributed by atoms with Gasteiger partial charge in [-0.2, -0.15) is 0 Å². The lowest BCUT2D eigenvalue weighted by Gasteiger charge is -2.22. The lowest BCUT2D eigenvalue weighted by Crippen LogP contribution is -2.35.